The van der Waals surface area contributed by atoms with Gasteiger partial charge in [0.25, 0.3) is 0 Å². The first-order valence-electron chi connectivity index (χ1n) is 13.8. The molecule has 0 radical (unpaired) electrons. The number of hydrogen-bond acceptors (Lipinski definition) is 4. The quantitative estimate of drug-likeness (QED) is 0.0785. The highest BCUT2D eigenvalue weighted by molar-refractivity contribution is 7.96. The van der Waals surface area contributed by atoms with Crippen LogP contribution in [0.15, 0.2) is 60.7 Å². The maximum Gasteiger partial charge on any atom is 0.217 e. The van der Waals surface area contributed by atoms with Gasteiger partial charge in [0.05, 0.1) is 6.61 Å². The minimum atomic E-state index is -4.57. The lowest BCUT2D eigenvalue weighted by Gasteiger charge is -2.10. The lowest BCUT2D eigenvalue weighted by atomic mass is 10.1. The van der Waals surface area contributed by atoms with Crippen LogP contribution >= 0.6 is 0 Å². The van der Waals surface area contributed by atoms with Crippen LogP contribution in [-0.4, -0.2) is 24.5 Å². The van der Waals surface area contributed by atoms with Gasteiger partial charge in [-0.2, -0.15) is 0 Å². The summed E-state index contributed by atoms with van der Waals surface area (Å²) in [7, 11) is -3.96. The lowest BCUT2D eigenvalue weighted by molar-refractivity contribution is 0.253. The van der Waals surface area contributed by atoms with Crippen LogP contribution < -0.4 is 0 Å². The van der Waals surface area contributed by atoms with Gasteiger partial charge >= 0.3 is 0 Å². The van der Waals surface area contributed by atoms with Crippen LogP contribution in [0.25, 0.3) is 0 Å². The molecular formula is C30H48O4S2. The third-order valence-corrected chi connectivity index (χ3v) is 8.88. The third-order valence-electron chi connectivity index (χ3n) is 6.00. The summed E-state index contributed by atoms with van der Waals surface area (Å²) >= 11 is 0. The Labute approximate surface area is 224 Å². The van der Waals surface area contributed by atoms with Crippen molar-refractivity contribution in [3.05, 3.63) is 71.8 Å². The zero-order chi connectivity index (χ0) is 26.3. The molecule has 0 aromatic heterocycles. The van der Waals surface area contributed by atoms with E-state index >= 15 is 0 Å². The largest absolute Gasteiger partial charge is 0.726 e. The molecule has 0 N–H and O–H groups in total. The van der Waals surface area contributed by atoms with Gasteiger partial charge in [0.1, 0.15) is 17.3 Å². The van der Waals surface area contributed by atoms with Gasteiger partial charge in [-0.3, -0.25) is 4.18 Å². The molecule has 2 aromatic rings. The van der Waals surface area contributed by atoms with Crippen LogP contribution in [0.2, 0.25) is 0 Å². The molecule has 0 bridgehead atoms. The summed E-state index contributed by atoms with van der Waals surface area (Å²) in [6.07, 6.45) is 17.2. The summed E-state index contributed by atoms with van der Waals surface area (Å²) in [4.78, 5) is 0. The van der Waals surface area contributed by atoms with E-state index in [1.807, 2.05) is 0 Å². The summed E-state index contributed by atoms with van der Waals surface area (Å²) in [5.74, 6) is 4.26. The predicted molar refractivity (Wildman–Crippen MR) is 155 cm³/mol. The van der Waals surface area contributed by atoms with Gasteiger partial charge < -0.3 is 4.55 Å². The zero-order valence-corrected chi connectivity index (χ0v) is 24.2. The average molecular weight is 537 g/mol. The van der Waals surface area contributed by atoms with Crippen LogP contribution in [0, 0.1) is 0 Å². The van der Waals surface area contributed by atoms with E-state index in [1.54, 1.807) is 35.9 Å². The van der Waals surface area contributed by atoms with Crippen LogP contribution in [-0.2, 0) is 37.8 Å². The van der Waals surface area contributed by atoms with Crippen LogP contribution in [0.4, 0.5) is 0 Å². The highest BCUT2D eigenvalue weighted by atomic mass is 32.3. The second-order valence-corrected chi connectivity index (χ2v) is 12.7. The first kappa shape index (κ1) is 32.7. The van der Waals surface area contributed by atoms with Crippen molar-refractivity contribution >= 4 is 21.3 Å². The Morgan fingerprint density at radius 2 is 1.06 bits per heavy atom. The summed E-state index contributed by atoms with van der Waals surface area (Å²) < 4.78 is 34.1. The Kier molecular flexibility index (Phi) is 19.7. The van der Waals surface area contributed by atoms with E-state index in [4.69, 9.17) is 0 Å². The molecule has 0 heterocycles. The molecule has 2 aromatic carbocycles. The number of unbranched alkanes of at least 4 members (excludes halogenated alkanes) is 10. The molecule has 0 amide bonds. The van der Waals surface area contributed by atoms with Crippen molar-refractivity contribution in [2.24, 2.45) is 0 Å². The molecule has 0 aliphatic heterocycles. The highest BCUT2D eigenvalue weighted by Crippen LogP contribution is 2.16. The van der Waals surface area contributed by atoms with E-state index in [2.05, 4.69) is 48.4 Å². The first-order valence-corrected chi connectivity index (χ1v) is 16.8. The number of benzene rings is 2. The summed E-state index contributed by atoms with van der Waals surface area (Å²) in [6, 6.07) is 19.8. The first-order chi connectivity index (χ1) is 17.4. The zero-order valence-electron chi connectivity index (χ0n) is 22.5. The van der Waals surface area contributed by atoms with Crippen molar-refractivity contribution in [2.45, 2.75) is 103 Å². The van der Waals surface area contributed by atoms with E-state index in [1.165, 1.54) is 94.3 Å². The lowest BCUT2D eigenvalue weighted by Crippen LogP contribution is -2.15. The molecule has 0 spiro atoms. The molecule has 36 heavy (non-hydrogen) atoms. The minimum absolute atomic E-state index is 0.202. The van der Waals surface area contributed by atoms with E-state index in [0.717, 1.165) is 0 Å². The molecule has 0 aliphatic carbocycles. The standard InChI is InChI=1S/C23H41S.C7H8O4S/c1-3-5-7-9-11-16-20-24(21-17-12-10-8-6-4-2)22-23-18-14-13-15-19-23;8-12(9,10)11-6-7-4-2-1-3-5-7/h13-15,18-19H,3-12,16-17,20-22H2,1-2H3;1-5H,6H2,(H,8,9,10)/q+1;/p-1. The molecule has 204 valence electrons. The fourth-order valence-electron chi connectivity index (χ4n) is 3.94. The SMILES string of the molecule is CCCCCCCC[S+](CCCCCCCC)Cc1ccccc1.O=S(=O)([O-])OCc1ccccc1. The molecule has 0 aliphatic rings. The molecule has 4 nitrogen and oxygen atoms in total. The van der Waals surface area contributed by atoms with Crippen molar-refractivity contribution in [3.63, 3.8) is 0 Å². The van der Waals surface area contributed by atoms with Gasteiger partial charge in [0.2, 0.25) is 10.4 Å². The van der Waals surface area contributed by atoms with Gasteiger partial charge in [0, 0.05) is 5.56 Å². The monoisotopic (exact) mass is 536 g/mol. The topological polar surface area (TPSA) is 66.4 Å². The molecule has 0 saturated heterocycles. The van der Waals surface area contributed by atoms with Gasteiger partial charge in [-0.1, -0.05) is 126 Å². The van der Waals surface area contributed by atoms with E-state index in [-0.39, 0.29) is 6.61 Å². The molecule has 6 heteroatoms. The number of rotatable bonds is 19. The average Bonchev–Trinajstić information content (AvgIpc) is 2.88. The Bertz CT molecular complexity index is 826. The van der Waals surface area contributed by atoms with Crippen LogP contribution in [0.5, 0.6) is 0 Å². The molecule has 0 saturated carbocycles. The van der Waals surface area contributed by atoms with Crippen molar-refractivity contribution in [2.75, 3.05) is 11.5 Å². The van der Waals surface area contributed by atoms with Gasteiger partial charge in [-0.25, -0.2) is 8.42 Å². The Hall–Kier alpha value is -1.34. The van der Waals surface area contributed by atoms with Gasteiger partial charge in [0.15, 0.2) is 0 Å². The minimum Gasteiger partial charge on any atom is -0.726 e. The second kappa shape index (κ2) is 21.7. The molecule has 0 unspecified atom stereocenters. The fraction of sp³-hybridized carbons (Fsp3) is 0.600. The van der Waals surface area contributed by atoms with E-state index in [9.17, 15) is 13.0 Å². The van der Waals surface area contributed by atoms with Crippen molar-refractivity contribution in [1.82, 2.24) is 0 Å². The predicted octanol–water partition coefficient (Wildman–Crippen LogP) is 8.19. The highest BCUT2D eigenvalue weighted by Gasteiger charge is 2.17. The Morgan fingerprint density at radius 1 is 0.639 bits per heavy atom. The van der Waals surface area contributed by atoms with Crippen LogP contribution in [0.3, 0.4) is 0 Å². The van der Waals surface area contributed by atoms with Gasteiger partial charge in [-0.15, -0.1) is 0 Å². The molecule has 0 atom stereocenters. The second-order valence-electron chi connectivity index (χ2n) is 9.34. The van der Waals surface area contributed by atoms with Gasteiger partial charge in [-0.05, 0) is 42.1 Å². The molecule has 2 rings (SSSR count). The van der Waals surface area contributed by atoms with Crippen molar-refractivity contribution in [3.8, 4) is 0 Å². The summed E-state index contributed by atoms with van der Waals surface area (Å²) in [6.45, 7) is 4.41. The van der Waals surface area contributed by atoms with Crippen molar-refractivity contribution in [1.29, 1.82) is 0 Å². The smallest absolute Gasteiger partial charge is 0.217 e. The molecular weight excluding hydrogens is 488 g/mol. The maximum absolute atomic E-state index is 10.0. The summed E-state index contributed by atoms with van der Waals surface area (Å²) in [5, 5.41) is 0. The fourth-order valence-corrected chi connectivity index (χ4v) is 6.61. The third kappa shape index (κ3) is 19.8. The van der Waals surface area contributed by atoms with Crippen molar-refractivity contribution < 1.29 is 17.2 Å². The van der Waals surface area contributed by atoms with E-state index < -0.39 is 10.4 Å². The molecule has 0 fully saturated rings. The normalized spacial score (nSPS) is 11.3. The Balaban J connectivity index is 0.000000450. The van der Waals surface area contributed by atoms with E-state index in [0.29, 0.717) is 16.5 Å². The van der Waals surface area contributed by atoms with Crippen LogP contribution in [0.1, 0.15) is 102 Å². The maximum atomic E-state index is 10.0. The summed E-state index contributed by atoms with van der Waals surface area (Å²) in [5.41, 5.74) is 2.20. The Morgan fingerprint density at radius 3 is 1.50 bits per heavy atom. The number of hydrogen-bond donors (Lipinski definition) is 0.